The van der Waals surface area contributed by atoms with E-state index in [2.05, 4.69) is 6.92 Å². The van der Waals surface area contributed by atoms with Crippen LogP contribution in [0.2, 0.25) is 0 Å². The van der Waals surface area contributed by atoms with E-state index in [1.807, 2.05) is 49.4 Å². The van der Waals surface area contributed by atoms with E-state index >= 15 is 0 Å². The highest BCUT2D eigenvalue weighted by Crippen LogP contribution is 2.13. The minimum Gasteiger partial charge on any atom is -0.464 e. The second-order valence-corrected chi connectivity index (χ2v) is 7.62. The number of rotatable bonds is 11. The molecule has 0 bridgehead atoms. The summed E-state index contributed by atoms with van der Waals surface area (Å²) in [5.74, 6) is 1.42. The number of furan rings is 2. The summed E-state index contributed by atoms with van der Waals surface area (Å²) in [4.78, 5) is 29.5. The second kappa shape index (κ2) is 11.2. The van der Waals surface area contributed by atoms with Crippen LogP contribution in [-0.4, -0.2) is 41.2 Å². The summed E-state index contributed by atoms with van der Waals surface area (Å²) < 4.78 is 11.0. The number of hydrogen-bond donors (Lipinski definition) is 0. The molecule has 6 nitrogen and oxygen atoms in total. The number of carbonyl (C=O) groups is 2. The number of amides is 2. The lowest BCUT2D eigenvalue weighted by Gasteiger charge is -2.27. The molecule has 3 aromatic rings. The summed E-state index contributed by atoms with van der Waals surface area (Å²) in [7, 11) is 0. The number of unbranched alkanes of at least 4 members (excludes halogenated alkanes) is 1. The van der Waals surface area contributed by atoms with Gasteiger partial charge in [0.25, 0.3) is 5.91 Å². The van der Waals surface area contributed by atoms with Crippen molar-refractivity contribution in [3.63, 3.8) is 0 Å². The van der Waals surface area contributed by atoms with E-state index in [1.165, 1.54) is 6.26 Å². The molecule has 0 fully saturated rings. The Hall–Kier alpha value is -3.28. The van der Waals surface area contributed by atoms with Gasteiger partial charge in [-0.25, -0.2) is 0 Å². The van der Waals surface area contributed by atoms with Gasteiger partial charge < -0.3 is 18.6 Å². The molecular weight excluding hydrogens is 392 g/mol. The first kappa shape index (κ1) is 22.4. The van der Waals surface area contributed by atoms with Crippen molar-refractivity contribution in [2.24, 2.45) is 0 Å². The Morgan fingerprint density at radius 3 is 2.39 bits per heavy atom. The third kappa shape index (κ3) is 6.60. The van der Waals surface area contributed by atoms with Crippen LogP contribution in [0.5, 0.6) is 0 Å². The molecule has 0 aliphatic heterocycles. The highest BCUT2D eigenvalue weighted by molar-refractivity contribution is 5.94. The first-order valence-corrected chi connectivity index (χ1v) is 10.8. The molecule has 3 rings (SSSR count). The first-order chi connectivity index (χ1) is 15.1. The van der Waals surface area contributed by atoms with Crippen LogP contribution in [0.4, 0.5) is 0 Å². The summed E-state index contributed by atoms with van der Waals surface area (Å²) in [5.41, 5.74) is 1.16. The van der Waals surface area contributed by atoms with E-state index < -0.39 is 0 Å². The van der Waals surface area contributed by atoms with Crippen molar-refractivity contribution >= 4 is 11.8 Å². The van der Waals surface area contributed by atoms with Crippen molar-refractivity contribution in [3.05, 3.63) is 83.7 Å². The molecule has 2 amide bonds. The molecule has 2 aromatic heterocycles. The summed E-state index contributed by atoms with van der Waals surface area (Å²) in [5, 5.41) is 0. The van der Waals surface area contributed by atoms with E-state index in [0.717, 1.165) is 36.3 Å². The van der Waals surface area contributed by atoms with Gasteiger partial charge in [0.15, 0.2) is 5.76 Å². The van der Waals surface area contributed by atoms with Gasteiger partial charge in [0.1, 0.15) is 18.1 Å². The highest BCUT2D eigenvalue weighted by Gasteiger charge is 2.24. The minimum absolute atomic E-state index is 0.00795. The van der Waals surface area contributed by atoms with Crippen molar-refractivity contribution in [3.8, 4) is 0 Å². The number of benzene rings is 1. The lowest BCUT2D eigenvalue weighted by Crippen LogP contribution is -2.43. The van der Waals surface area contributed by atoms with Crippen LogP contribution >= 0.6 is 0 Å². The highest BCUT2D eigenvalue weighted by atomic mass is 16.3. The SMILES string of the molecule is CCCCN(CC(=O)N(CCc1ccccc1)Cc1ccc(C)o1)C(=O)c1ccco1. The minimum atomic E-state index is -0.261. The molecule has 0 N–H and O–H groups in total. The van der Waals surface area contributed by atoms with E-state index in [0.29, 0.717) is 19.6 Å². The van der Waals surface area contributed by atoms with Gasteiger partial charge in [-0.15, -0.1) is 0 Å². The van der Waals surface area contributed by atoms with Crippen LogP contribution in [0.1, 0.15) is 47.4 Å². The van der Waals surface area contributed by atoms with Crippen molar-refractivity contribution in [1.82, 2.24) is 9.80 Å². The lowest BCUT2D eigenvalue weighted by atomic mass is 10.1. The maximum absolute atomic E-state index is 13.3. The largest absolute Gasteiger partial charge is 0.464 e. The summed E-state index contributed by atoms with van der Waals surface area (Å²) >= 11 is 0. The van der Waals surface area contributed by atoms with Gasteiger partial charge in [0.05, 0.1) is 12.8 Å². The summed E-state index contributed by atoms with van der Waals surface area (Å²) in [6.45, 7) is 5.37. The average Bonchev–Trinajstić information content (AvgIpc) is 3.46. The van der Waals surface area contributed by atoms with Crippen LogP contribution in [0.3, 0.4) is 0 Å². The quantitative estimate of drug-likeness (QED) is 0.449. The number of aryl methyl sites for hydroxylation is 1. The Bertz CT molecular complexity index is 947. The third-order valence-electron chi connectivity index (χ3n) is 5.14. The van der Waals surface area contributed by atoms with Crippen molar-refractivity contribution in [1.29, 1.82) is 0 Å². The fourth-order valence-corrected chi connectivity index (χ4v) is 3.38. The van der Waals surface area contributed by atoms with Gasteiger partial charge in [0, 0.05) is 13.1 Å². The monoisotopic (exact) mass is 422 g/mol. The molecule has 6 heteroatoms. The second-order valence-electron chi connectivity index (χ2n) is 7.62. The molecule has 0 aliphatic carbocycles. The molecule has 0 unspecified atom stereocenters. The Balaban J connectivity index is 1.73. The number of hydrogen-bond acceptors (Lipinski definition) is 4. The fraction of sp³-hybridized carbons (Fsp3) is 0.360. The van der Waals surface area contributed by atoms with Crippen LogP contribution in [0.15, 0.2) is 69.7 Å². The van der Waals surface area contributed by atoms with Gasteiger partial charge in [-0.1, -0.05) is 43.7 Å². The van der Waals surface area contributed by atoms with Crippen LogP contribution in [0, 0.1) is 6.92 Å². The van der Waals surface area contributed by atoms with E-state index in [4.69, 9.17) is 8.83 Å². The Morgan fingerprint density at radius 1 is 0.935 bits per heavy atom. The van der Waals surface area contributed by atoms with Crippen LogP contribution in [-0.2, 0) is 17.8 Å². The standard InChI is InChI=1S/C25H30N2O4/c1-3-4-15-27(25(29)23-11-8-17-30-23)19-24(28)26(18-22-13-12-20(2)31-22)16-14-21-9-6-5-7-10-21/h5-13,17H,3-4,14-16,18-19H2,1-2H3. The summed E-state index contributed by atoms with van der Waals surface area (Å²) in [6, 6.07) is 17.1. The Labute approximate surface area is 183 Å². The zero-order chi connectivity index (χ0) is 22.1. The Kier molecular flexibility index (Phi) is 8.10. The fourth-order valence-electron chi connectivity index (χ4n) is 3.38. The van der Waals surface area contributed by atoms with Gasteiger partial charge in [0.2, 0.25) is 5.91 Å². The van der Waals surface area contributed by atoms with Crippen LogP contribution < -0.4 is 0 Å². The summed E-state index contributed by atoms with van der Waals surface area (Å²) in [6.07, 6.45) is 3.95. The van der Waals surface area contributed by atoms with Crippen molar-refractivity contribution in [2.75, 3.05) is 19.6 Å². The molecule has 164 valence electrons. The topological polar surface area (TPSA) is 66.9 Å². The molecule has 0 radical (unpaired) electrons. The molecule has 0 saturated heterocycles. The normalized spacial score (nSPS) is 10.8. The molecule has 0 saturated carbocycles. The zero-order valence-electron chi connectivity index (χ0n) is 18.3. The lowest BCUT2D eigenvalue weighted by molar-refractivity contribution is -0.132. The van der Waals surface area contributed by atoms with Crippen molar-refractivity contribution in [2.45, 2.75) is 39.7 Å². The van der Waals surface area contributed by atoms with E-state index in [9.17, 15) is 9.59 Å². The van der Waals surface area contributed by atoms with Crippen LogP contribution in [0.25, 0.3) is 0 Å². The molecule has 0 aliphatic rings. The van der Waals surface area contributed by atoms with Gasteiger partial charge >= 0.3 is 0 Å². The third-order valence-corrected chi connectivity index (χ3v) is 5.14. The average molecular weight is 423 g/mol. The smallest absolute Gasteiger partial charge is 0.290 e. The van der Waals surface area contributed by atoms with Gasteiger partial charge in [-0.05, 0) is 49.6 Å². The number of nitrogens with zero attached hydrogens (tertiary/aromatic N) is 2. The van der Waals surface area contributed by atoms with Crippen molar-refractivity contribution < 1.29 is 18.4 Å². The zero-order valence-corrected chi connectivity index (χ0v) is 18.3. The molecule has 0 atom stereocenters. The van der Waals surface area contributed by atoms with Gasteiger partial charge in [-0.3, -0.25) is 9.59 Å². The van der Waals surface area contributed by atoms with Gasteiger partial charge in [-0.2, -0.15) is 0 Å². The molecule has 2 heterocycles. The molecule has 31 heavy (non-hydrogen) atoms. The predicted molar refractivity (Wildman–Crippen MR) is 119 cm³/mol. The van der Waals surface area contributed by atoms with E-state index in [-0.39, 0.29) is 24.1 Å². The molecule has 0 spiro atoms. The Morgan fingerprint density at radius 2 is 1.74 bits per heavy atom. The molecule has 1 aromatic carbocycles. The maximum atomic E-state index is 13.3. The maximum Gasteiger partial charge on any atom is 0.290 e. The number of carbonyl (C=O) groups excluding carboxylic acids is 2. The van der Waals surface area contributed by atoms with E-state index in [1.54, 1.807) is 21.9 Å². The predicted octanol–water partition coefficient (Wildman–Crippen LogP) is 4.69. The molecular formula is C25H30N2O4. The first-order valence-electron chi connectivity index (χ1n) is 10.8.